The Morgan fingerprint density at radius 2 is 1.93 bits per heavy atom. The fourth-order valence-corrected chi connectivity index (χ4v) is 4.03. The average Bonchev–Trinajstić information content (AvgIpc) is 3.18. The molecular weight excluding hydrogens is 392 g/mol. The molecule has 0 atom stereocenters. The van der Waals surface area contributed by atoms with Crippen molar-refractivity contribution in [3.8, 4) is 0 Å². The molecule has 30 heavy (non-hydrogen) atoms. The lowest BCUT2D eigenvalue weighted by molar-refractivity contribution is 0.0728. The third-order valence-electron chi connectivity index (χ3n) is 5.09. The smallest absolute Gasteiger partial charge is 0.289 e. The molecule has 3 aromatic rings. The largest absolute Gasteiger partial charge is 0.444 e. The highest BCUT2D eigenvalue weighted by Crippen LogP contribution is 2.35. The van der Waals surface area contributed by atoms with Gasteiger partial charge in [0.2, 0.25) is 0 Å². The van der Waals surface area contributed by atoms with Gasteiger partial charge in [-0.15, -0.1) is 0 Å². The number of amides is 1. The Morgan fingerprint density at radius 1 is 1.13 bits per heavy atom. The number of aryl methyl sites for hydroxylation is 1. The highest BCUT2D eigenvalue weighted by Gasteiger charge is 2.20. The lowest BCUT2D eigenvalue weighted by Crippen LogP contribution is -2.32. The van der Waals surface area contributed by atoms with E-state index in [-0.39, 0.29) is 11.3 Å². The minimum absolute atomic E-state index is 0.0829. The second-order valence-electron chi connectivity index (χ2n) is 8.41. The van der Waals surface area contributed by atoms with Gasteiger partial charge in [-0.1, -0.05) is 50.7 Å². The van der Waals surface area contributed by atoms with Gasteiger partial charge in [-0.3, -0.25) is 9.78 Å². The normalized spacial score (nSPS) is 11.5. The van der Waals surface area contributed by atoms with E-state index >= 15 is 0 Å². The summed E-state index contributed by atoms with van der Waals surface area (Å²) >= 11 is 1.56. The molecule has 0 aliphatic heterocycles. The maximum Gasteiger partial charge on any atom is 0.289 e. The average molecular weight is 423 g/mol. The van der Waals surface area contributed by atoms with Gasteiger partial charge < -0.3 is 9.32 Å². The molecule has 0 aliphatic rings. The molecule has 2 aromatic heterocycles. The highest BCUT2D eigenvalue weighted by molar-refractivity contribution is 7.99. The summed E-state index contributed by atoms with van der Waals surface area (Å²) in [5, 5.41) is 0.730. The number of pyridine rings is 1. The van der Waals surface area contributed by atoms with Crippen molar-refractivity contribution in [1.29, 1.82) is 0 Å². The van der Waals surface area contributed by atoms with Crippen LogP contribution in [0.3, 0.4) is 0 Å². The second kappa shape index (κ2) is 9.52. The van der Waals surface area contributed by atoms with E-state index in [2.05, 4.69) is 50.9 Å². The van der Waals surface area contributed by atoms with Gasteiger partial charge in [0.25, 0.3) is 5.91 Å². The predicted octanol–water partition coefficient (Wildman–Crippen LogP) is 6.14. The van der Waals surface area contributed by atoms with Crippen molar-refractivity contribution >= 4 is 17.7 Å². The molecule has 0 bridgehead atoms. The molecule has 0 unspecified atom stereocenters. The van der Waals surface area contributed by atoms with Crippen molar-refractivity contribution in [3.63, 3.8) is 0 Å². The Bertz CT molecular complexity index is 990. The van der Waals surface area contributed by atoms with E-state index in [1.54, 1.807) is 28.9 Å². The van der Waals surface area contributed by atoms with Crippen molar-refractivity contribution < 1.29 is 9.21 Å². The number of hydrogen-bond donors (Lipinski definition) is 0. The van der Waals surface area contributed by atoms with Gasteiger partial charge in [0.1, 0.15) is 0 Å². The molecule has 3 rings (SSSR count). The number of carbonyl (C=O) groups excluding carboxylic acids is 1. The van der Waals surface area contributed by atoms with Gasteiger partial charge in [0, 0.05) is 36.3 Å². The van der Waals surface area contributed by atoms with Crippen LogP contribution in [0.1, 0.15) is 55.1 Å². The fraction of sp³-hybridized carbons (Fsp3) is 0.360. The highest BCUT2D eigenvalue weighted by atomic mass is 32.2. The van der Waals surface area contributed by atoms with E-state index in [0.717, 1.165) is 22.1 Å². The van der Waals surface area contributed by atoms with Gasteiger partial charge in [-0.05, 0) is 60.7 Å². The molecule has 0 aliphatic carbocycles. The zero-order valence-electron chi connectivity index (χ0n) is 18.4. The first kappa shape index (κ1) is 22.2. The molecule has 158 valence electrons. The Kier molecular flexibility index (Phi) is 7.03. The zero-order chi connectivity index (χ0) is 21.7. The monoisotopic (exact) mass is 422 g/mol. The number of carbonyl (C=O) groups is 1. The van der Waals surface area contributed by atoms with E-state index in [1.165, 1.54) is 11.1 Å². The lowest BCUT2D eigenvalue weighted by Gasteiger charge is -2.20. The summed E-state index contributed by atoms with van der Waals surface area (Å²) in [4.78, 5) is 20.2. The van der Waals surface area contributed by atoms with Crippen molar-refractivity contribution in [2.75, 3.05) is 13.1 Å². The molecule has 0 saturated carbocycles. The van der Waals surface area contributed by atoms with E-state index in [4.69, 9.17) is 4.42 Å². The standard InChI is InChI=1S/C25H30N2O2S/c1-6-27(16-14-20-9-7-8-15-26-20)24(28)21-12-13-23(29-21)30-22-17-19(25(3,4)5)11-10-18(22)2/h7-13,15,17H,6,14,16H2,1-5H3. The molecule has 0 N–H and O–H groups in total. The second-order valence-corrected chi connectivity index (χ2v) is 9.45. The van der Waals surface area contributed by atoms with E-state index in [0.29, 0.717) is 18.8 Å². The Hall–Kier alpha value is -2.53. The number of furan rings is 1. The molecular formula is C25H30N2O2S. The molecule has 4 nitrogen and oxygen atoms in total. The van der Waals surface area contributed by atoms with Crippen LogP contribution in [0.2, 0.25) is 0 Å². The zero-order valence-corrected chi connectivity index (χ0v) is 19.3. The number of hydrogen-bond acceptors (Lipinski definition) is 4. The maximum atomic E-state index is 12.9. The number of rotatable bonds is 7. The Balaban J connectivity index is 1.70. The van der Waals surface area contributed by atoms with Crippen LogP contribution in [0, 0.1) is 6.92 Å². The predicted molar refractivity (Wildman–Crippen MR) is 122 cm³/mol. The Morgan fingerprint density at radius 3 is 2.60 bits per heavy atom. The van der Waals surface area contributed by atoms with Crippen LogP contribution >= 0.6 is 11.8 Å². The third kappa shape index (κ3) is 5.54. The van der Waals surface area contributed by atoms with Crippen LogP contribution in [0.5, 0.6) is 0 Å². The van der Waals surface area contributed by atoms with Crippen LogP contribution < -0.4 is 0 Å². The summed E-state index contributed by atoms with van der Waals surface area (Å²) in [7, 11) is 0. The number of aromatic nitrogens is 1. The van der Waals surface area contributed by atoms with Gasteiger partial charge in [0.05, 0.1) is 0 Å². The molecule has 1 amide bonds. The van der Waals surface area contributed by atoms with Gasteiger partial charge in [-0.2, -0.15) is 0 Å². The molecule has 5 heteroatoms. The topological polar surface area (TPSA) is 46.3 Å². The first-order chi connectivity index (χ1) is 14.3. The lowest BCUT2D eigenvalue weighted by atomic mass is 9.87. The van der Waals surface area contributed by atoms with Gasteiger partial charge in [-0.25, -0.2) is 0 Å². The van der Waals surface area contributed by atoms with Gasteiger partial charge in [0.15, 0.2) is 10.9 Å². The minimum atomic E-state index is -0.0829. The molecule has 0 saturated heterocycles. The summed E-state index contributed by atoms with van der Waals surface area (Å²) in [6, 6.07) is 16.0. The van der Waals surface area contributed by atoms with Crippen molar-refractivity contribution in [3.05, 3.63) is 77.3 Å². The SMILES string of the molecule is CCN(CCc1ccccn1)C(=O)c1ccc(Sc2cc(C(C)(C)C)ccc2C)o1. The first-order valence-electron chi connectivity index (χ1n) is 10.4. The fourth-order valence-electron chi connectivity index (χ4n) is 3.13. The molecule has 0 fully saturated rings. The number of benzene rings is 1. The van der Waals surface area contributed by atoms with E-state index in [9.17, 15) is 4.79 Å². The molecule has 2 heterocycles. The quantitative estimate of drug-likeness (QED) is 0.459. The number of nitrogens with zero attached hydrogens (tertiary/aromatic N) is 2. The van der Waals surface area contributed by atoms with Gasteiger partial charge >= 0.3 is 0 Å². The summed E-state index contributed by atoms with van der Waals surface area (Å²) in [6.07, 6.45) is 2.50. The Labute approximate surface area is 183 Å². The van der Waals surface area contributed by atoms with Crippen LogP contribution in [-0.2, 0) is 11.8 Å². The summed E-state index contributed by atoms with van der Waals surface area (Å²) in [5.41, 5.74) is 3.55. The van der Waals surface area contributed by atoms with Crippen LogP contribution in [0.15, 0.2) is 69.1 Å². The van der Waals surface area contributed by atoms with E-state index < -0.39 is 0 Å². The third-order valence-corrected chi connectivity index (χ3v) is 6.17. The van der Waals surface area contributed by atoms with Crippen LogP contribution in [-0.4, -0.2) is 28.9 Å². The molecule has 0 spiro atoms. The molecule has 1 aromatic carbocycles. The van der Waals surface area contributed by atoms with Crippen molar-refractivity contribution in [1.82, 2.24) is 9.88 Å². The summed E-state index contributed by atoms with van der Waals surface area (Å²) in [5.74, 6) is 0.297. The first-order valence-corrected chi connectivity index (χ1v) is 11.2. The van der Waals surface area contributed by atoms with Crippen molar-refractivity contribution in [2.45, 2.75) is 56.4 Å². The van der Waals surface area contributed by atoms with E-state index in [1.807, 2.05) is 31.2 Å². The van der Waals surface area contributed by atoms with Crippen LogP contribution in [0.4, 0.5) is 0 Å². The number of likely N-dealkylation sites (N-methyl/N-ethyl adjacent to an activating group) is 1. The van der Waals surface area contributed by atoms with Crippen LogP contribution in [0.25, 0.3) is 0 Å². The summed E-state index contributed by atoms with van der Waals surface area (Å²) in [6.45, 7) is 11.9. The minimum Gasteiger partial charge on any atom is -0.444 e. The van der Waals surface area contributed by atoms with Crippen molar-refractivity contribution in [2.24, 2.45) is 0 Å². The molecule has 0 radical (unpaired) electrons. The maximum absolute atomic E-state index is 12.9. The summed E-state index contributed by atoms with van der Waals surface area (Å²) < 4.78 is 5.92.